The van der Waals surface area contributed by atoms with Crippen molar-refractivity contribution in [1.82, 2.24) is 0 Å². The number of benzene rings is 5. The molecule has 7 rings (SSSR count). The molecule has 0 amide bonds. The zero-order chi connectivity index (χ0) is 34.2. The van der Waals surface area contributed by atoms with E-state index in [-0.39, 0.29) is 18.6 Å². The highest BCUT2D eigenvalue weighted by molar-refractivity contribution is 8.03. The number of hydrogen-bond donors (Lipinski definition) is 1. The third kappa shape index (κ3) is 7.45. The summed E-state index contributed by atoms with van der Waals surface area (Å²) >= 11 is 3.21. The van der Waals surface area contributed by atoms with Gasteiger partial charge in [0.1, 0.15) is 4.70 Å². The van der Waals surface area contributed by atoms with E-state index in [1.54, 1.807) is 23.1 Å². The molecule has 1 aliphatic heterocycles. The van der Waals surface area contributed by atoms with Crippen LogP contribution in [0.2, 0.25) is 0 Å². The van der Waals surface area contributed by atoms with Crippen molar-refractivity contribution in [3.8, 4) is 0 Å². The SMILES string of the molecule is O=S(=O)([O-])CCC[n+]1c(/C=C(/C=C2\Sc3ccc4ccccc4c3N2CCCS(=O)(=O)O)c2ccccc2)sc2ccc3ccccc3c21. The molecule has 6 aromatic rings. The number of anilines is 1. The maximum Gasteiger partial charge on any atom is 0.264 e. The first-order valence-electron chi connectivity index (χ1n) is 15.7. The lowest BCUT2D eigenvalue weighted by atomic mass is 10.0. The Labute approximate surface area is 293 Å². The number of thiazole rings is 1. The Kier molecular flexibility index (Phi) is 9.35. The predicted molar refractivity (Wildman–Crippen MR) is 199 cm³/mol. The Balaban J connectivity index is 1.39. The van der Waals surface area contributed by atoms with Crippen molar-refractivity contribution in [2.24, 2.45) is 0 Å². The molecule has 0 spiro atoms. The van der Waals surface area contributed by atoms with Crippen LogP contribution in [0.25, 0.3) is 43.4 Å². The molecule has 1 aromatic heterocycles. The number of aromatic nitrogens is 1. The molecule has 0 atom stereocenters. The van der Waals surface area contributed by atoms with Gasteiger partial charge in [-0.25, -0.2) is 8.42 Å². The van der Waals surface area contributed by atoms with E-state index >= 15 is 0 Å². The van der Waals surface area contributed by atoms with Crippen LogP contribution in [-0.2, 0) is 26.8 Å². The van der Waals surface area contributed by atoms with Gasteiger partial charge in [-0.1, -0.05) is 108 Å². The van der Waals surface area contributed by atoms with Crippen LogP contribution in [0.15, 0.2) is 119 Å². The van der Waals surface area contributed by atoms with E-state index in [2.05, 4.69) is 64.1 Å². The van der Waals surface area contributed by atoms with Gasteiger partial charge < -0.3 is 9.45 Å². The van der Waals surface area contributed by atoms with Crippen LogP contribution >= 0.6 is 23.1 Å². The number of rotatable bonds is 11. The third-order valence-electron chi connectivity index (χ3n) is 8.45. The van der Waals surface area contributed by atoms with E-state index < -0.39 is 26.0 Å². The first-order valence-corrected chi connectivity index (χ1v) is 20.5. The lowest BCUT2D eigenvalue weighted by Gasteiger charge is -2.22. The molecule has 250 valence electrons. The van der Waals surface area contributed by atoms with Gasteiger partial charge in [-0.05, 0) is 52.6 Å². The molecule has 49 heavy (non-hydrogen) atoms. The Bertz CT molecular complexity index is 2490. The summed E-state index contributed by atoms with van der Waals surface area (Å²) < 4.78 is 70.8. The van der Waals surface area contributed by atoms with Crippen LogP contribution in [0, 0.1) is 0 Å². The topological polar surface area (TPSA) is 119 Å². The van der Waals surface area contributed by atoms with E-state index in [9.17, 15) is 25.9 Å². The van der Waals surface area contributed by atoms with Gasteiger partial charge in [0.2, 0.25) is 5.52 Å². The van der Waals surface area contributed by atoms with Crippen LogP contribution in [0.4, 0.5) is 5.69 Å². The minimum Gasteiger partial charge on any atom is -0.748 e. The summed E-state index contributed by atoms with van der Waals surface area (Å²) in [5.74, 6) is -0.806. The molecule has 1 aliphatic rings. The summed E-state index contributed by atoms with van der Waals surface area (Å²) in [5.41, 5.74) is 3.85. The van der Waals surface area contributed by atoms with Gasteiger partial charge in [-0.15, -0.1) is 0 Å². The van der Waals surface area contributed by atoms with Gasteiger partial charge in [-0.2, -0.15) is 13.0 Å². The fourth-order valence-electron chi connectivity index (χ4n) is 6.32. The highest BCUT2D eigenvalue weighted by Gasteiger charge is 2.29. The molecule has 12 heteroatoms. The minimum atomic E-state index is -4.38. The van der Waals surface area contributed by atoms with Gasteiger partial charge in [0.25, 0.3) is 15.1 Å². The minimum absolute atomic E-state index is 0.175. The Morgan fingerprint density at radius 1 is 0.796 bits per heavy atom. The number of aryl methyl sites for hydroxylation is 1. The van der Waals surface area contributed by atoms with Crippen molar-refractivity contribution in [2.45, 2.75) is 24.3 Å². The van der Waals surface area contributed by atoms with Crippen LogP contribution < -0.4 is 9.47 Å². The summed E-state index contributed by atoms with van der Waals surface area (Å²) in [4.78, 5) is 3.18. The van der Waals surface area contributed by atoms with E-state index in [0.717, 1.165) is 63.5 Å². The summed E-state index contributed by atoms with van der Waals surface area (Å²) in [7, 11) is -8.51. The molecule has 0 radical (unpaired) electrons. The maximum atomic E-state index is 11.7. The fourth-order valence-corrected chi connectivity index (χ4v) is 9.61. The van der Waals surface area contributed by atoms with E-state index in [1.165, 1.54) is 0 Å². The van der Waals surface area contributed by atoms with E-state index in [4.69, 9.17) is 0 Å². The normalized spacial score (nSPS) is 14.8. The van der Waals surface area contributed by atoms with Crippen LogP contribution in [0.5, 0.6) is 0 Å². The van der Waals surface area contributed by atoms with Gasteiger partial charge in [0.15, 0.2) is 6.54 Å². The molecule has 0 fully saturated rings. The van der Waals surface area contributed by atoms with Crippen LogP contribution in [0.1, 0.15) is 23.4 Å². The largest absolute Gasteiger partial charge is 0.748 e. The Morgan fingerprint density at radius 3 is 2.20 bits per heavy atom. The molecule has 0 unspecified atom stereocenters. The van der Waals surface area contributed by atoms with Gasteiger partial charge in [0, 0.05) is 35.1 Å². The molecule has 2 heterocycles. The fraction of sp³-hybridized carbons (Fsp3) is 0.162. The van der Waals surface area contributed by atoms with Crippen molar-refractivity contribution in [1.29, 1.82) is 0 Å². The third-order valence-corrected chi connectivity index (χ3v) is 12.2. The van der Waals surface area contributed by atoms with Crippen LogP contribution in [0.3, 0.4) is 0 Å². The number of thioether (sulfide) groups is 1. The van der Waals surface area contributed by atoms with Crippen molar-refractivity contribution in [2.75, 3.05) is 23.0 Å². The zero-order valence-corrected chi connectivity index (χ0v) is 29.5. The first-order chi connectivity index (χ1) is 23.5. The van der Waals surface area contributed by atoms with Crippen molar-refractivity contribution in [3.63, 3.8) is 0 Å². The second kappa shape index (κ2) is 13.7. The quantitative estimate of drug-likeness (QED) is 0.107. The number of fused-ring (bicyclic) bond motifs is 6. The van der Waals surface area contributed by atoms with Gasteiger partial charge in [0.05, 0.1) is 32.0 Å². The summed E-state index contributed by atoms with van der Waals surface area (Å²) in [6.07, 6.45) is 4.62. The molecule has 5 aromatic carbocycles. The summed E-state index contributed by atoms with van der Waals surface area (Å²) in [6.45, 7) is 0.716. The average Bonchev–Trinajstić information content (AvgIpc) is 3.61. The number of nitrogens with zero attached hydrogens (tertiary/aromatic N) is 2. The van der Waals surface area contributed by atoms with Crippen molar-refractivity contribution in [3.05, 3.63) is 125 Å². The predicted octanol–water partition coefficient (Wildman–Crippen LogP) is 7.70. The van der Waals surface area contributed by atoms with Gasteiger partial charge >= 0.3 is 0 Å². The molecule has 8 nitrogen and oxygen atoms in total. The molecular weight excluding hydrogens is 697 g/mol. The molecule has 0 bridgehead atoms. The second-order valence-corrected chi connectivity index (χ2v) is 17.0. The zero-order valence-electron chi connectivity index (χ0n) is 26.2. The molecular formula is C37H32N2O6S4. The smallest absolute Gasteiger partial charge is 0.264 e. The molecule has 0 saturated heterocycles. The monoisotopic (exact) mass is 728 g/mol. The molecule has 0 aliphatic carbocycles. The first kappa shape index (κ1) is 33.5. The second-order valence-electron chi connectivity index (χ2n) is 11.8. The number of hydrogen-bond acceptors (Lipinski definition) is 8. The summed E-state index contributed by atoms with van der Waals surface area (Å²) in [6, 6.07) is 34.4. The summed E-state index contributed by atoms with van der Waals surface area (Å²) in [5, 5.41) is 6.03. The van der Waals surface area contributed by atoms with E-state index in [0.29, 0.717) is 13.1 Å². The lowest BCUT2D eigenvalue weighted by Crippen LogP contribution is -2.36. The average molecular weight is 729 g/mol. The van der Waals surface area contributed by atoms with Crippen molar-refractivity contribution < 1.29 is 30.5 Å². The molecule has 0 saturated carbocycles. The van der Waals surface area contributed by atoms with Crippen molar-refractivity contribution >= 4 is 92.4 Å². The lowest BCUT2D eigenvalue weighted by molar-refractivity contribution is -0.667. The van der Waals surface area contributed by atoms with E-state index in [1.807, 2.05) is 60.7 Å². The highest BCUT2D eigenvalue weighted by Crippen LogP contribution is 2.50. The Morgan fingerprint density at radius 2 is 1.47 bits per heavy atom. The highest BCUT2D eigenvalue weighted by atomic mass is 32.2. The van der Waals surface area contributed by atoms with Gasteiger partial charge in [-0.3, -0.25) is 4.55 Å². The number of allylic oxidation sites excluding steroid dienone is 2. The molecule has 1 N–H and O–H groups in total. The van der Waals surface area contributed by atoms with Crippen LogP contribution in [-0.4, -0.2) is 44.0 Å². The standard InChI is InChI=1S/C37H32N2O6S4/c40-48(41,42)22-8-20-38-34(46-32-18-16-27-12-4-6-14-30(27)36(32)38)24-29(26-10-2-1-3-11-26)25-35-39(21-9-23-49(43,44)45)37-31-15-7-5-13-28(31)17-19-33(37)47-35/h1-7,10-19,24-25H,8-9,20-23H2,(H-,40,41,42,43,44,45). The maximum absolute atomic E-state index is 11.7. The Hall–Kier alpha value is -4.04.